The van der Waals surface area contributed by atoms with Gasteiger partial charge in [-0.05, 0) is 12.1 Å². The molecule has 0 fully saturated rings. The van der Waals surface area contributed by atoms with Gasteiger partial charge in [-0.25, -0.2) is 4.79 Å². The van der Waals surface area contributed by atoms with Gasteiger partial charge >= 0.3 is 5.97 Å². The van der Waals surface area contributed by atoms with Crippen LogP contribution in [0.3, 0.4) is 0 Å². The number of aliphatic carboxylic acids is 1. The molecule has 28 heavy (non-hydrogen) atoms. The summed E-state index contributed by atoms with van der Waals surface area (Å²) < 4.78 is 5.09. The molecule has 0 radical (unpaired) electrons. The maximum Gasteiger partial charge on any atom is 0.326 e. The van der Waals surface area contributed by atoms with Gasteiger partial charge < -0.3 is 15.2 Å². The summed E-state index contributed by atoms with van der Waals surface area (Å²) in [5.74, 6) is -1.99. The molecule has 11 nitrogen and oxygen atoms in total. The molecule has 0 aliphatic heterocycles. The summed E-state index contributed by atoms with van der Waals surface area (Å²) in [5, 5.41) is 33.4. The Kier molecular flexibility index (Phi) is 6.22. The predicted molar refractivity (Wildman–Crippen MR) is 95.3 cm³/mol. The zero-order valence-electron chi connectivity index (χ0n) is 14.5. The van der Waals surface area contributed by atoms with Crippen LogP contribution in [0.5, 0.6) is 5.75 Å². The fourth-order valence-electron chi connectivity index (χ4n) is 2.46. The Morgan fingerprint density at radius 1 is 1.11 bits per heavy atom. The number of carbonyl (C=O) groups is 2. The van der Waals surface area contributed by atoms with Crippen molar-refractivity contribution in [1.29, 1.82) is 0 Å². The predicted octanol–water partition coefficient (Wildman–Crippen LogP) is 1.94. The third-order valence-electron chi connectivity index (χ3n) is 3.82. The van der Waals surface area contributed by atoms with Crippen LogP contribution in [0.4, 0.5) is 11.4 Å². The number of nitro groups is 2. The van der Waals surface area contributed by atoms with Crippen molar-refractivity contribution in [3.05, 3.63) is 73.8 Å². The fraction of sp³-hybridized carbons (Fsp3) is 0.176. The van der Waals surface area contributed by atoms with Gasteiger partial charge in [-0.1, -0.05) is 6.07 Å². The molecule has 146 valence electrons. The number of carboxylic acid groups (broad SMARTS) is 1. The lowest BCUT2D eigenvalue weighted by Gasteiger charge is -2.16. The first kappa shape index (κ1) is 20.3. The number of rotatable bonds is 8. The highest BCUT2D eigenvalue weighted by Crippen LogP contribution is 2.25. The topological polar surface area (TPSA) is 162 Å². The van der Waals surface area contributed by atoms with Crippen molar-refractivity contribution in [1.82, 2.24) is 5.32 Å². The lowest BCUT2D eigenvalue weighted by molar-refractivity contribution is -0.385. The van der Waals surface area contributed by atoms with Gasteiger partial charge in [0.15, 0.2) is 0 Å². The number of ether oxygens (including phenoxy) is 1. The third kappa shape index (κ3) is 4.78. The van der Waals surface area contributed by atoms with E-state index in [2.05, 4.69) is 5.32 Å². The minimum Gasteiger partial charge on any atom is -0.496 e. The van der Waals surface area contributed by atoms with Crippen molar-refractivity contribution in [3.63, 3.8) is 0 Å². The number of non-ortho nitro benzene ring substituents is 2. The molecule has 0 saturated heterocycles. The summed E-state index contributed by atoms with van der Waals surface area (Å²) in [6.07, 6.45) is -0.291. The SMILES string of the molecule is COc1ccc([N+](=O)[O-])cc1C[C@H](NC(=O)c1cccc([N+](=O)[O-])c1)C(=O)O. The van der Waals surface area contributed by atoms with E-state index in [9.17, 15) is 34.9 Å². The van der Waals surface area contributed by atoms with E-state index in [1.807, 2.05) is 0 Å². The molecule has 0 unspecified atom stereocenters. The molecule has 2 aromatic rings. The molecule has 0 bridgehead atoms. The van der Waals surface area contributed by atoms with Crippen LogP contribution in [-0.4, -0.2) is 40.0 Å². The zero-order valence-corrected chi connectivity index (χ0v) is 14.5. The summed E-state index contributed by atoms with van der Waals surface area (Å²) >= 11 is 0. The molecular formula is C17H15N3O8. The van der Waals surface area contributed by atoms with Gasteiger partial charge in [-0.2, -0.15) is 0 Å². The van der Waals surface area contributed by atoms with Crippen LogP contribution in [0.2, 0.25) is 0 Å². The number of nitro benzene ring substituents is 2. The molecule has 2 N–H and O–H groups in total. The molecule has 0 aliphatic carbocycles. The molecule has 0 spiro atoms. The number of carbonyl (C=O) groups excluding carboxylic acids is 1. The van der Waals surface area contributed by atoms with Gasteiger partial charge in [0.05, 0.1) is 17.0 Å². The van der Waals surface area contributed by atoms with Gasteiger partial charge in [-0.15, -0.1) is 0 Å². The molecule has 0 aromatic heterocycles. The Balaban J connectivity index is 2.27. The number of benzene rings is 2. The van der Waals surface area contributed by atoms with Crippen LogP contribution in [0.25, 0.3) is 0 Å². The second kappa shape index (κ2) is 8.58. The van der Waals surface area contributed by atoms with Gasteiger partial charge in [0.2, 0.25) is 0 Å². The first-order valence-electron chi connectivity index (χ1n) is 7.82. The summed E-state index contributed by atoms with van der Waals surface area (Å²) in [4.78, 5) is 44.3. The van der Waals surface area contributed by atoms with Crippen LogP contribution < -0.4 is 10.1 Å². The number of methoxy groups -OCH3 is 1. The summed E-state index contributed by atoms with van der Waals surface area (Å²) in [7, 11) is 1.32. The highest BCUT2D eigenvalue weighted by molar-refractivity contribution is 5.97. The Morgan fingerprint density at radius 3 is 2.32 bits per heavy atom. The number of nitrogens with zero attached hydrogens (tertiary/aromatic N) is 2. The normalized spacial score (nSPS) is 11.3. The monoisotopic (exact) mass is 389 g/mol. The Bertz CT molecular complexity index is 944. The van der Waals surface area contributed by atoms with Gasteiger partial charge in [-0.3, -0.25) is 25.0 Å². The minimum absolute atomic E-state index is 0.0912. The third-order valence-corrected chi connectivity index (χ3v) is 3.82. The molecule has 0 aliphatic rings. The number of carboxylic acids is 1. The summed E-state index contributed by atoms with van der Waals surface area (Å²) in [5.41, 5.74) is -0.459. The van der Waals surface area contributed by atoms with Gasteiger partial charge in [0.1, 0.15) is 11.8 Å². The standard InChI is InChI=1S/C17H15N3O8/c1-28-15-6-5-13(20(26)27)8-11(15)9-14(17(22)23)18-16(21)10-3-2-4-12(7-10)19(24)25/h2-8,14H,9H2,1H3,(H,18,21)(H,22,23)/t14-/m0/s1. The number of amides is 1. The molecule has 1 atom stereocenters. The largest absolute Gasteiger partial charge is 0.496 e. The van der Waals surface area contributed by atoms with Gasteiger partial charge in [0, 0.05) is 41.8 Å². The average molecular weight is 389 g/mol. The van der Waals surface area contributed by atoms with Crippen LogP contribution in [0, 0.1) is 20.2 Å². The van der Waals surface area contributed by atoms with E-state index in [1.165, 1.54) is 37.4 Å². The average Bonchev–Trinajstić information content (AvgIpc) is 2.67. The van der Waals surface area contributed by atoms with Crippen LogP contribution >= 0.6 is 0 Å². The van der Waals surface area contributed by atoms with E-state index in [4.69, 9.17) is 4.74 Å². The summed E-state index contributed by atoms with van der Waals surface area (Å²) in [6.45, 7) is 0. The molecule has 2 rings (SSSR count). The first-order chi connectivity index (χ1) is 13.2. The maximum absolute atomic E-state index is 12.3. The second-order valence-electron chi connectivity index (χ2n) is 5.63. The smallest absolute Gasteiger partial charge is 0.326 e. The van der Waals surface area contributed by atoms with Crippen molar-refractivity contribution < 1.29 is 29.3 Å². The van der Waals surface area contributed by atoms with Crippen molar-refractivity contribution in [3.8, 4) is 5.75 Å². The van der Waals surface area contributed by atoms with Crippen LogP contribution in [-0.2, 0) is 11.2 Å². The van der Waals surface area contributed by atoms with E-state index in [1.54, 1.807) is 0 Å². The van der Waals surface area contributed by atoms with E-state index < -0.39 is 27.8 Å². The van der Waals surface area contributed by atoms with Crippen molar-refractivity contribution in [2.75, 3.05) is 7.11 Å². The Hall–Kier alpha value is -4.02. The van der Waals surface area contributed by atoms with E-state index >= 15 is 0 Å². The van der Waals surface area contributed by atoms with Crippen LogP contribution in [0.1, 0.15) is 15.9 Å². The molecule has 1 amide bonds. The Labute approximate surface area is 157 Å². The number of nitrogens with one attached hydrogen (secondary N) is 1. The quantitative estimate of drug-likeness (QED) is 0.511. The Morgan fingerprint density at radius 2 is 1.75 bits per heavy atom. The van der Waals surface area contributed by atoms with Crippen molar-refractivity contribution >= 4 is 23.3 Å². The lowest BCUT2D eigenvalue weighted by atomic mass is 10.0. The molecular weight excluding hydrogens is 374 g/mol. The van der Waals surface area contributed by atoms with E-state index in [0.717, 1.165) is 12.1 Å². The van der Waals surface area contributed by atoms with Crippen molar-refractivity contribution in [2.45, 2.75) is 12.5 Å². The van der Waals surface area contributed by atoms with Crippen molar-refractivity contribution in [2.24, 2.45) is 0 Å². The second-order valence-corrected chi connectivity index (χ2v) is 5.63. The molecule has 11 heteroatoms. The maximum atomic E-state index is 12.3. The van der Waals surface area contributed by atoms with Crippen LogP contribution in [0.15, 0.2) is 42.5 Å². The van der Waals surface area contributed by atoms with E-state index in [0.29, 0.717) is 0 Å². The zero-order chi connectivity index (χ0) is 20.8. The molecule has 0 saturated carbocycles. The number of hydrogen-bond donors (Lipinski definition) is 2. The number of hydrogen-bond acceptors (Lipinski definition) is 7. The highest BCUT2D eigenvalue weighted by Gasteiger charge is 2.24. The van der Waals surface area contributed by atoms with Gasteiger partial charge in [0.25, 0.3) is 17.3 Å². The van der Waals surface area contributed by atoms with E-state index in [-0.39, 0.29) is 34.7 Å². The fourth-order valence-corrected chi connectivity index (χ4v) is 2.46. The minimum atomic E-state index is -1.44. The first-order valence-corrected chi connectivity index (χ1v) is 7.82. The summed E-state index contributed by atoms with van der Waals surface area (Å²) in [6, 6.07) is 7.06. The molecule has 0 heterocycles. The highest BCUT2D eigenvalue weighted by atomic mass is 16.6. The molecule has 2 aromatic carbocycles. The lowest BCUT2D eigenvalue weighted by Crippen LogP contribution is -2.42.